The second-order valence-corrected chi connectivity index (χ2v) is 9.52. The molecule has 2 aliphatic carbocycles. The van der Waals surface area contributed by atoms with E-state index in [9.17, 15) is 14.7 Å². The van der Waals surface area contributed by atoms with Crippen LogP contribution in [-0.4, -0.2) is 84.5 Å². The Morgan fingerprint density at radius 1 is 1.17 bits per heavy atom. The number of carbonyl (C=O) groups is 2. The van der Waals surface area contributed by atoms with Gasteiger partial charge < -0.3 is 25.4 Å². The number of morpholine rings is 1. The summed E-state index contributed by atoms with van der Waals surface area (Å²) in [7, 11) is 1.90. The Kier molecular flexibility index (Phi) is 6.33. The number of benzene rings is 1. The predicted octanol–water partition coefficient (Wildman–Crippen LogP) is 1.51. The van der Waals surface area contributed by atoms with Crippen LogP contribution in [0.2, 0.25) is 0 Å². The highest BCUT2D eigenvalue weighted by Crippen LogP contribution is 2.50. The maximum atomic E-state index is 13.5. The molecule has 3 N–H and O–H groups in total. The van der Waals surface area contributed by atoms with Gasteiger partial charge in [-0.3, -0.25) is 9.69 Å². The van der Waals surface area contributed by atoms with E-state index in [0.29, 0.717) is 30.8 Å². The summed E-state index contributed by atoms with van der Waals surface area (Å²) in [6, 6.07) is 8.89. The third-order valence-corrected chi connectivity index (χ3v) is 7.14. The Bertz CT molecular complexity index is 1090. The SMILES string of the molecule is CN(C(=O)C1(c2cc(N3CCOCC3)nc(-c3ccc(N(CCO)C(N)=O)cc3)n2)CC1)C1CC1. The quantitative estimate of drug-likeness (QED) is 0.587. The van der Waals surface area contributed by atoms with Crippen LogP contribution in [0.1, 0.15) is 31.4 Å². The molecule has 10 nitrogen and oxygen atoms in total. The van der Waals surface area contributed by atoms with Gasteiger partial charge in [0.05, 0.1) is 37.5 Å². The molecule has 35 heavy (non-hydrogen) atoms. The molecule has 186 valence electrons. The standard InChI is InChI=1S/C25H32N6O4/c1-29(18-6-7-18)23(33)25(8-9-25)20-16-21(30-11-14-35-15-12-30)28-22(27-20)17-2-4-19(5-3-17)31(10-13-32)24(26)34/h2-5,16,18,32H,6-15H2,1H3,(H2,26,34). The maximum absolute atomic E-state index is 13.5. The van der Waals surface area contributed by atoms with Gasteiger partial charge in [-0.1, -0.05) is 0 Å². The number of carbonyl (C=O) groups excluding carboxylic acids is 2. The molecule has 0 unspecified atom stereocenters. The molecule has 2 saturated carbocycles. The number of aromatic nitrogens is 2. The number of ether oxygens (including phenoxy) is 1. The van der Waals surface area contributed by atoms with Gasteiger partial charge in [-0.05, 0) is 49.9 Å². The van der Waals surface area contributed by atoms with Crippen molar-refractivity contribution in [1.82, 2.24) is 14.9 Å². The molecule has 2 heterocycles. The summed E-state index contributed by atoms with van der Waals surface area (Å²) < 4.78 is 5.52. The summed E-state index contributed by atoms with van der Waals surface area (Å²) >= 11 is 0. The average Bonchev–Trinajstić information content (AvgIpc) is 3.81. The molecule has 2 aromatic rings. The van der Waals surface area contributed by atoms with Crippen molar-refractivity contribution >= 4 is 23.4 Å². The van der Waals surface area contributed by atoms with Gasteiger partial charge in [-0.25, -0.2) is 14.8 Å². The molecule has 1 aromatic heterocycles. The van der Waals surface area contributed by atoms with Crippen molar-refractivity contribution < 1.29 is 19.4 Å². The van der Waals surface area contributed by atoms with Gasteiger partial charge in [-0.2, -0.15) is 0 Å². The molecule has 1 aromatic carbocycles. The van der Waals surface area contributed by atoms with Gasteiger partial charge in [-0.15, -0.1) is 0 Å². The minimum Gasteiger partial charge on any atom is -0.395 e. The molecule has 10 heteroatoms. The zero-order valence-corrected chi connectivity index (χ0v) is 20.0. The first-order valence-electron chi connectivity index (χ1n) is 12.2. The van der Waals surface area contributed by atoms with Crippen LogP contribution in [0.5, 0.6) is 0 Å². The van der Waals surface area contributed by atoms with Crippen LogP contribution >= 0.6 is 0 Å². The van der Waals surface area contributed by atoms with E-state index in [-0.39, 0.29) is 19.1 Å². The van der Waals surface area contributed by atoms with Crippen LogP contribution in [0.3, 0.4) is 0 Å². The Balaban J connectivity index is 1.51. The van der Waals surface area contributed by atoms with Crippen molar-refractivity contribution in [2.75, 3.05) is 56.3 Å². The van der Waals surface area contributed by atoms with Crippen LogP contribution in [-0.2, 0) is 14.9 Å². The van der Waals surface area contributed by atoms with Gasteiger partial charge in [0, 0.05) is 43.5 Å². The first-order valence-corrected chi connectivity index (χ1v) is 12.2. The van der Waals surface area contributed by atoms with Gasteiger partial charge in [0.1, 0.15) is 5.82 Å². The van der Waals surface area contributed by atoms with Crippen molar-refractivity contribution in [2.24, 2.45) is 5.73 Å². The monoisotopic (exact) mass is 480 g/mol. The number of anilines is 2. The minimum atomic E-state index is -0.631. The lowest BCUT2D eigenvalue weighted by atomic mass is 9.99. The van der Waals surface area contributed by atoms with E-state index in [4.69, 9.17) is 20.4 Å². The first-order chi connectivity index (χ1) is 16.9. The highest BCUT2D eigenvalue weighted by atomic mass is 16.5. The van der Waals surface area contributed by atoms with Crippen LogP contribution in [0.4, 0.5) is 16.3 Å². The minimum absolute atomic E-state index is 0.112. The van der Waals surface area contributed by atoms with Gasteiger partial charge in [0.15, 0.2) is 5.82 Å². The van der Waals surface area contributed by atoms with Gasteiger partial charge in [0.2, 0.25) is 5.91 Å². The summed E-state index contributed by atoms with van der Waals surface area (Å²) in [6.45, 7) is 2.64. The van der Waals surface area contributed by atoms with Crippen molar-refractivity contribution in [3.8, 4) is 11.4 Å². The fraction of sp³-hybridized carbons (Fsp3) is 0.520. The molecule has 0 spiro atoms. The smallest absolute Gasteiger partial charge is 0.319 e. The summed E-state index contributed by atoms with van der Waals surface area (Å²) in [5, 5.41) is 9.25. The fourth-order valence-electron chi connectivity index (χ4n) is 4.69. The van der Waals surface area contributed by atoms with Gasteiger partial charge >= 0.3 is 6.03 Å². The average molecular weight is 481 g/mol. The Labute approximate surface area is 204 Å². The molecule has 0 radical (unpaired) electrons. The molecule has 0 bridgehead atoms. The Hall–Kier alpha value is -3.24. The van der Waals surface area contributed by atoms with Crippen LogP contribution in [0.25, 0.3) is 11.4 Å². The second kappa shape index (κ2) is 9.43. The summed E-state index contributed by atoms with van der Waals surface area (Å²) in [4.78, 5) is 40.4. The number of nitrogens with zero attached hydrogens (tertiary/aromatic N) is 5. The van der Waals surface area contributed by atoms with E-state index in [2.05, 4.69) is 4.90 Å². The normalized spacial score (nSPS) is 18.7. The zero-order valence-electron chi connectivity index (χ0n) is 20.0. The number of aliphatic hydroxyl groups excluding tert-OH is 1. The molecule has 5 rings (SSSR count). The maximum Gasteiger partial charge on any atom is 0.319 e. The molecule has 3 aliphatic rings. The number of aliphatic hydroxyl groups is 1. The van der Waals surface area contributed by atoms with E-state index in [0.717, 1.165) is 55.8 Å². The topological polar surface area (TPSA) is 125 Å². The number of hydrogen-bond acceptors (Lipinski definition) is 7. The number of primary amides is 1. The van der Waals surface area contributed by atoms with Crippen LogP contribution in [0, 0.1) is 0 Å². The number of hydrogen-bond donors (Lipinski definition) is 2. The number of urea groups is 1. The van der Waals surface area contributed by atoms with Crippen molar-refractivity contribution in [3.63, 3.8) is 0 Å². The second-order valence-electron chi connectivity index (χ2n) is 9.52. The van der Waals surface area contributed by atoms with Crippen molar-refractivity contribution in [3.05, 3.63) is 36.0 Å². The highest BCUT2D eigenvalue weighted by Gasteiger charge is 2.55. The van der Waals surface area contributed by atoms with E-state index >= 15 is 0 Å². The number of amides is 3. The third kappa shape index (κ3) is 4.68. The van der Waals surface area contributed by atoms with Crippen LogP contribution in [0.15, 0.2) is 30.3 Å². The van der Waals surface area contributed by atoms with E-state index in [1.165, 1.54) is 4.90 Å². The van der Waals surface area contributed by atoms with E-state index < -0.39 is 11.4 Å². The van der Waals surface area contributed by atoms with Crippen molar-refractivity contribution in [2.45, 2.75) is 37.1 Å². The molecular weight excluding hydrogens is 448 g/mol. The molecule has 1 aliphatic heterocycles. The fourth-order valence-corrected chi connectivity index (χ4v) is 4.69. The molecule has 1 saturated heterocycles. The molecule has 0 atom stereocenters. The lowest BCUT2D eigenvalue weighted by Gasteiger charge is -2.29. The Morgan fingerprint density at radius 3 is 2.43 bits per heavy atom. The molecule has 3 fully saturated rings. The highest BCUT2D eigenvalue weighted by molar-refractivity contribution is 5.92. The molecule has 3 amide bonds. The third-order valence-electron chi connectivity index (χ3n) is 7.14. The summed E-state index contributed by atoms with van der Waals surface area (Å²) in [6.07, 6.45) is 3.71. The molecular formula is C25H32N6O4. The van der Waals surface area contributed by atoms with Gasteiger partial charge in [0.25, 0.3) is 0 Å². The largest absolute Gasteiger partial charge is 0.395 e. The number of nitrogens with two attached hydrogens (primary N) is 1. The zero-order chi connectivity index (χ0) is 24.6. The number of rotatable bonds is 8. The lowest BCUT2D eigenvalue weighted by molar-refractivity contribution is -0.133. The first kappa shape index (κ1) is 23.5. The van der Waals surface area contributed by atoms with Crippen molar-refractivity contribution in [1.29, 1.82) is 0 Å². The van der Waals surface area contributed by atoms with E-state index in [1.54, 1.807) is 12.1 Å². The summed E-state index contributed by atoms with van der Waals surface area (Å²) in [5.74, 6) is 1.48. The van der Waals surface area contributed by atoms with Crippen LogP contribution < -0.4 is 15.5 Å². The predicted molar refractivity (Wildman–Crippen MR) is 131 cm³/mol. The Morgan fingerprint density at radius 2 is 1.86 bits per heavy atom. The number of likely N-dealkylation sites (N-methyl/N-ethyl adjacent to an activating group) is 1. The lowest BCUT2D eigenvalue weighted by Crippen LogP contribution is -2.39. The van der Waals surface area contributed by atoms with E-state index in [1.807, 2.05) is 30.1 Å². The summed E-state index contributed by atoms with van der Waals surface area (Å²) in [5.41, 5.74) is 7.00.